The fraction of sp³-hybridized carbons (Fsp3) is 0.130. The number of hydrogen-bond donors (Lipinski definition) is 2. The van der Waals surface area contributed by atoms with Crippen LogP contribution in [-0.2, 0) is 6.54 Å². The highest BCUT2D eigenvalue weighted by Gasteiger charge is 2.16. The van der Waals surface area contributed by atoms with Gasteiger partial charge < -0.3 is 19.3 Å². The van der Waals surface area contributed by atoms with E-state index in [9.17, 15) is 0 Å². The normalized spacial score (nSPS) is 11.8. The zero-order chi connectivity index (χ0) is 18.4. The first kappa shape index (κ1) is 16.0. The number of nitrogens with one attached hydrogen (secondary N) is 2. The third-order valence-corrected chi connectivity index (χ3v) is 5.05. The van der Waals surface area contributed by atoms with Crippen molar-refractivity contribution in [3.8, 4) is 22.3 Å². The maximum Gasteiger partial charge on any atom is 0.134 e. The first-order valence-corrected chi connectivity index (χ1v) is 9.09. The highest BCUT2D eigenvalue weighted by atomic mass is 16.3. The van der Waals surface area contributed by atoms with Crippen molar-refractivity contribution in [3.05, 3.63) is 72.9 Å². The standard InChI is InChI=1S/C23H21N3O/c1-26(2)13-15-7-8-23-17(9-15)21(14-27-23)19-11-24-10-18(19)20-12-25-22-6-4-3-5-16(20)22/h3-12,14,24-25H,13H2,1-2H3. The minimum Gasteiger partial charge on any atom is -0.464 e. The molecule has 0 saturated heterocycles. The van der Waals surface area contributed by atoms with Crippen molar-refractivity contribution in [2.24, 2.45) is 0 Å². The third-order valence-electron chi connectivity index (χ3n) is 5.05. The molecule has 5 rings (SSSR count). The number of H-pyrrole nitrogens is 2. The van der Waals surface area contributed by atoms with Crippen LogP contribution in [0, 0.1) is 0 Å². The Kier molecular flexibility index (Phi) is 3.66. The molecule has 3 heterocycles. The van der Waals surface area contributed by atoms with Gasteiger partial charge in [-0.15, -0.1) is 0 Å². The maximum atomic E-state index is 5.86. The Bertz CT molecular complexity index is 1240. The highest BCUT2D eigenvalue weighted by molar-refractivity contribution is 6.03. The van der Waals surface area contributed by atoms with Crippen molar-refractivity contribution in [3.63, 3.8) is 0 Å². The molecular formula is C23H21N3O. The number of hydrogen-bond acceptors (Lipinski definition) is 2. The van der Waals surface area contributed by atoms with Crippen molar-refractivity contribution in [1.29, 1.82) is 0 Å². The molecule has 4 heteroatoms. The number of para-hydroxylation sites is 1. The molecule has 0 radical (unpaired) electrons. The maximum absolute atomic E-state index is 5.86. The van der Waals surface area contributed by atoms with E-state index in [1.165, 1.54) is 22.1 Å². The summed E-state index contributed by atoms with van der Waals surface area (Å²) >= 11 is 0. The number of benzene rings is 2. The van der Waals surface area contributed by atoms with E-state index < -0.39 is 0 Å². The van der Waals surface area contributed by atoms with Gasteiger partial charge in [0.25, 0.3) is 0 Å². The number of rotatable bonds is 4. The Balaban J connectivity index is 1.67. The van der Waals surface area contributed by atoms with Crippen molar-refractivity contribution in [2.45, 2.75) is 6.54 Å². The second-order valence-electron chi connectivity index (χ2n) is 7.25. The Hall–Kier alpha value is -3.24. The molecule has 0 unspecified atom stereocenters. The van der Waals surface area contributed by atoms with Gasteiger partial charge in [-0.1, -0.05) is 24.3 Å². The van der Waals surface area contributed by atoms with Gasteiger partial charge in [0.15, 0.2) is 0 Å². The van der Waals surface area contributed by atoms with Gasteiger partial charge in [-0.3, -0.25) is 0 Å². The minimum atomic E-state index is 0.906. The van der Waals surface area contributed by atoms with Crippen LogP contribution in [0.25, 0.3) is 44.1 Å². The van der Waals surface area contributed by atoms with Gasteiger partial charge in [-0.2, -0.15) is 0 Å². The SMILES string of the molecule is CN(C)Cc1ccc2occ(-c3c[nH]cc3-c3c[nH]c4ccccc34)c2c1. The van der Waals surface area contributed by atoms with E-state index in [1.807, 2.05) is 6.26 Å². The summed E-state index contributed by atoms with van der Waals surface area (Å²) in [7, 11) is 4.17. The van der Waals surface area contributed by atoms with Crippen LogP contribution in [0.2, 0.25) is 0 Å². The molecule has 5 aromatic rings. The van der Waals surface area contributed by atoms with Crippen LogP contribution in [-0.4, -0.2) is 29.0 Å². The van der Waals surface area contributed by atoms with Gasteiger partial charge in [-0.25, -0.2) is 0 Å². The zero-order valence-corrected chi connectivity index (χ0v) is 15.4. The number of aromatic nitrogens is 2. The van der Waals surface area contributed by atoms with Crippen molar-refractivity contribution >= 4 is 21.9 Å². The molecule has 0 atom stereocenters. The Labute approximate surface area is 157 Å². The fourth-order valence-electron chi connectivity index (χ4n) is 3.85. The third kappa shape index (κ3) is 2.66. The monoisotopic (exact) mass is 355 g/mol. The van der Waals surface area contributed by atoms with Crippen molar-refractivity contribution in [1.82, 2.24) is 14.9 Å². The molecular weight excluding hydrogens is 334 g/mol. The van der Waals surface area contributed by atoms with Gasteiger partial charge in [0.1, 0.15) is 5.58 Å². The van der Waals surface area contributed by atoms with Crippen LogP contribution >= 0.6 is 0 Å². The summed E-state index contributed by atoms with van der Waals surface area (Å²) in [5, 5.41) is 2.37. The van der Waals surface area contributed by atoms with Crippen LogP contribution in [0.3, 0.4) is 0 Å². The highest BCUT2D eigenvalue weighted by Crippen LogP contribution is 2.39. The lowest BCUT2D eigenvalue weighted by atomic mass is 9.97. The molecule has 0 aliphatic heterocycles. The van der Waals surface area contributed by atoms with Crippen molar-refractivity contribution < 1.29 is 4.42 Å². The predicted molar refractivity (Wildman–Crippen MR) is 111 cm³/mol. The summed E-state index contributed by atoms with van der Waals surface area (Å²) in [5.41, 5.74) is 7.98. The van der Waals surface area contributed by atoms with Crippen LogP contribution in [0.1, 0.15) is 5.56 Å². The zero-order valence-electron chi connectivity index (χ0n) is 15.4. The van der Waals surface area contributed by atoms with Crippen LogP contribution in [0.15, 0.2) is 71.7 Å². The Morgan fingerprint density at radius 2 is 1.67 bits per heavy atom. The molecule has 2 aromatic carbocycles. The summed E-state index contributed by atoms with van der Waals surface area (Å²) in [5.74, 6) is 0. The molecule has 0 fully saturated rings. The molecule has 0 bridgehead atoms. The molecule has 0 aliphatic carbocycles. The average molecular weight is 355 g/mol. The molecule has 0 saturated carbocycles. The summed E-state index contributed by atoms with van der Waals surface area (Å²) in [6.45, 7) is 0.906. The minimum absolute atomic E-state index is 0.906. The molecule has 27 heavy (non-hydrogen) atoms. The van der Waals surface area contributed by atoms with Gasteiger partial charge in [0.2, 0.25) is 0 Å². The predicted octanol–water partition coefficient (Wildman–Crippen LogP) is 5.64. The van der Waals surface area contributed by atoms with E-state index in [1.54, 1.807) is 0 Å². The van der Waals surface area contributed by atoms with Crippen LogP contribution in [0.4, 0.5) is 0 Å². The summed E-state index contributed by atoms with van der Waals surface area (Å²) in [6, 6.07) is 14.8. The quantitative estimate of drug-likeness (QED) is 0.438. The van der Waals surface area contributed by atoms with E-state index >= 15 is 0 Å². The number of fused-ring (bicyclic) bond motifs is 2. The van der Waals surface area contributed by atoms with Gasteiger partial charge in [-0.05, 0) is 37.9 Å². The van der Waals surface area contributed by atoms with E-state index in [0.29, 0.717) is 0 Å². The molecule has 2 N–H and O–H groups in total. The largest absolute Gasteiger partial charge is 0.464 e. The summed E-state index contributed by atoms with van der Waals surface area (Å²) in [6.07, 6.45) is 8.07. The first-order chi connectivity index (χ1) is 13.2. The second-order valence-corrected chi connectivity index (χ2v) is 7.25. The van der Waals surface area contributed by atoms with Crippen LogP contribution in [0.5, 0.6) is 0 Å². The molecule has 4 nitrogen and oxygen atoms in total. The second kappa shape index (κ2) is 6.18. The van der Waals surface area contributed by atoms with Gasteiger partial charge in [0, 0.05) is 63.7 Å². The van der Waals surface area contributed by atoms with Gasteiger partial charge >= 0.3 is 0 Å². The number of nitrogens with zero attached hydrogens (tertiary/aromatic N) is 1. The van der Waals surface area contributed by atoms with E-state index in [4.69, 9.17) is 4.42 Å². The topological polar surface area (TPSA) is 48.0 Å². The fourth-order valence-corrected chi connectivity index (χ4v) is 3.85. The van der Waals surface area contributed by atoms with Gasteiger partial charge in [0.05, 0.1) is 6.26 Å². The average Bonchev–Trinajstić information content (AvgIpc) is 3.37. The van der Waals surface area contributed by atoms with E-state index in [2.05, 4.69) is 90.0 Å². The number of aromatic amines is 2. The van der Waals surface area contributed by atoms with Crippen molar-refractivity contribution in [2.75, 3.05) is 14.1 Å². The molecule has 0 amide bonds. The summed E-state index contributed by atoms with van der Waals surface area (Å²) < 4.78 is 5.86. The molecule has 134 valence electrons. The Morgan fingerprint density at radius 3 is 2.52 bits per heavy atom. The molecule has 3 aromatic heterocycles. The van der Waals surface area contributed by atoms with E-state index in [0.717, 1.165) is 34.2 Å². The van der Waals surface area contributed by atoms with Crippen LogP contribution < -0.4 is 0 Å². The van der Waals surface area contributed by atoms with E-state index in [-0.39, 0.29) is 0 Å². The number of furan rings is 1. The molecule has 0 spiro atoms. The molecule has 0 aliphatic rings. The first-order valence-electron chi connectivity index (χ1n) is 9.09. The summed E-state index contributed by atoms with van der Waals surface area (Å²) in [4.78, 5) is 8.84. The Morgan fingerprint density at radius 1 is 0.852 bits per heavy atom. The lowest BCUT2D eigenvalue weighted by molar-refractivity contribution is 0.402. The lowest BCUT2D eigenvalue weighted by Gasteiger charge is -2.09. The smallest absolute Gasteiger partial charge is 0.134 e. The lowest BCUT2D eigenvalue weighted by Crippen LogP contribution is -2.10.